The van der Waals surface area contributed by atoms with Crippen molar-refractivity contribution >= 4 is 10.9 Å². The van der Waals surface area contributed by atoms with Crippen LogP contribution >= 0.6 is 0 Å². The van der Waals surface area contributed by atoms with Gasteiger partial charge in [0, 0.05) is 5.56 Å². The molecule has 5 rings (SSSR count). The standard InChI is InChI=1S/C23H30N6O/c1-16-9-8-10-17-15-19(23(30)24-20(16)17)21(28-13-6-3-7-14-28)22-25-26-27-29(22)18-11-4-2-5-12-18/h8-10,15,18,21H,2-7,11-14H2,1H3,(H,24,30). The van der Waals surface area contributed by atoms with E-state index in [2.05, 4.69) is 37.5 Å². The van der Waals surface area contributed by atoms with Gasteiger partial charge in [0.1, 0.15) is 6.04 Å². The summed E-state index contributed by atoms with van der Waals surface area (Å²) in [6.45, 7) is 3.96. The number of hydrogen-bond donors (Lipinski definition) is 1. The number of rotatable bonds is 4. The smallest absolute Gasteiger partial charge is 0.253 e. The summed E-state index contributed by atoms with van der Waals surface area (Å²) in [5.41, 5.74) is 2.71. The zero-order chi connectivity index (χ0) is 20.5. The van der Waals surface area contributed by atoms with Gasteiger partial charge in [-0.05, 0) is 73.1 Å². The molecule has 1 aromatic carbocycles. The summed E-state index contributed by atoms with van der Waals surface area (Å²) in [6, 6.07) is 8.32. The first-order valence-corrected chi connectivity index (χ1v) is 11.4. The van der Waals surface area contributed by atoms with Crippen molar-refractivity contribution in [3.05, 3.63) is 51.6 Å². The van der Waals surface area contributed by atoms with Crippen LogP contribution in [0.3, 0.4) is 0 Å². The summed E-state index contributed by atoms with van der Waals surface area (Å²) < 4.78 is 2.03. The van der Waals surface area contributed by atoms with Gasteiger partial charge in [0.25, 0.3) is 5.56 Å². The van der Waals surface area contributed by atoms with Crippen LogP contribution in [0.25, 0.3) is 10.9 Å². The number of piperidine rings is 1. The van der Waals surface area contributed by atoms with Gasteiger partial charge in [-0.1, -0.05) is 43.9 Å². The van der Waals surface area contributed by atoms with Crippen LogP contribution in [0.15, 0.2) is 29.1 Å². The molecule has 3 aromatic rings. The number of pyridine rings is 1. The van der Waals surface area contributed by atoms with E-state index in [0.717, 1.165) is 66.6 Å². The lowest BCUT2D eigenvalue weighted by Crippen LogP contribution is -2.39. The average Bonchev–Trinajstić information content (AvgIpc) is 3.26. The normalized spacial score (nSPS) is 19.9. The molecule has 2 fully saturated rings. The molecule has 158 valence electrons. The molecule has 3 heterocycles. The number of fused-ring (bicyclic) bond motifs is 1. The average molecular weight is 407 g/mol. The number of hydrogen-bond acceptors (Lipinski definition) is 5. The van der Waals surface area contributed by atoms with Crippen molar-refractivity contribution in [2.45, 2.75) is 70.4 Å². The predicted molar refractivity (Wildman–Crippen MR) is 117 cm³/mol. The zero-order valence-corrected chi connectivity index (χ0v) is 17.7. The summed E-state index contributed by atoms with van der Waals surface area (Å²) in [7, 11) is 0. The molecule has 0 spiro atoms. The highest BCUT2D eigenvalue weighted by molar-refractivity contribution is 5.82. The van der Waals surface area contributed by atoms with E-state index in [0.29, 0.717) is 6.04 Å². The molecule has 0 bridgehead atoms. The van der Waals surface area contributed by atoms with Gasteiger partial charge in [0.05, 0.1) is 11.6 Å². The molecule has 1 N–H and O–H groups in total. The number of H-pyrrole nitrogens is 1. The molecule has 0 amide bonds. The van der Waals surface area contributed by atoms with Gasteiger partial charge in [0.15, 0.2) is 5.82 Å². The Balaban J connectivity index is 1.64. The van der Waals surface area contributed by atoms with E-state index in [1.54, 1.807) is 0 Å². The van der Waals surface area contributed by atoms with Crippen LogP contribution in [0.4, 0.5) is 0 Å². The number of likely N-dealkylation sites (tertiary alicyclic amines) is 1. The van der Waals surface area contributed by atoms with Crippen LogP contribution in [0, 0.1) is 6.92 Å². The van der Waals surface area contributed by atoms with Crippen LogP contribution in [-0.4, -0.2) is 43.2 Å². The summed E-state index contributed by atoms with van der Waals surface area (Å²) in [5, 5.41) is 14.0. The van der Waals surface area contributed by atoms with Gasteiger partial charge in [-0.2, -0.15) is 0 Å². The number of nitrogens with one attached hydrogen (secondary N) is 1. The first-order chi connectivity index (χ1) is 14.7. The first kappa shape index (κ1) is 19.4. The van der Waals surface area contributed by atoms with E-state index in [1.807, 2.05) is 23.7 Å². The van der Waals surface area contributed by atoms with Crippen molar-refractivity contribution in [1.29, 1.82) is 0 Å². The molecule has 1 unspecified atom stereocenters. The molecule has 1 aliphatic heterocycles. The Morgan fingerprint density at radius 2 is 1.83 bits per heavy atom. The number of aromatic amines is 1. The molecule has 7 heteroatoms. The molecule has 1 saturated heterocycles. The Morgan fingerprint density at radius 1 is 1.07 bits per heavy atom. The van der Waals surface area contributed by atoms with Crippen molar-refractivity contribution < 1.29 is 0 Å². The minimum Gasteiger partial charge on any atom is -0.321 e. The molecular formula is C23H30N6O. The Kier molecular flexibility index (Phi) is 5.37. The fraction of sp³-hybridized carbons (Fsp3) is 0.565. The van der Waals surface area contributed by atoms with Gasteiger partial charge in [-0.25, -0.2) is 4.68 Å². The second-order valence-corrected chi connectivity index (χ2v) is 8.87. The van der Waals surface area contributed by atoms with Crippen molar-refractivity contribution in [3.63, 3.8) is 0 Å². The maximum atomic E-state index is 13.3. The van der Waals surface area contributed by atoms with Crippen molar-refractivity contribution in [1.82, 2.24) is 30.1 Å². The second kappa shape index (κ2) is 8.30. The highest BCUT2D eigenvalue weighted by atomic mass is 16.1. The number of benzene rings is 1. The molecule has 7 nitrogen and oxygen atoms in total. The van der Waals surface area contributed by atoms with Crippen molar-refractivity contribution in [2.24, 2.45) is 0 Å². The Hall–Kier alpha value is -2.54. The number of para-hydroxylation sites is 1. The van der Waals surface area contributed by atoms with Crippen LogP contribution in [0.2, 0.25) is 0 Å². The Bertz CT molecular complexity index is 1070. The third-order valence-corrected chi connectivity index (χ3v) is 6.85. The first-order valence-electron chi connectivity index (χ1n) is 11.4. The Labute approximate surface area is 176 Å². The predicted octanol–water partition coefficient (Wildman–Crippen LogP) is 3.90. The maximum Gasteiger partial charge on any atom is 0.253 e. The van der Waals surface area contributed by atoms with E-state index in [4.69, 9.17) is 0 Å². The molecule has 0 radical (unpaired) electrons. The van der Waals surface area contributed by atoms with Gasteiger partial charge in [-0.3, -0.25) is 9.69 Å². The molecular weight excluding hydrogens is 376 g/mol. The van der Waals surface area contributed by atoms with E-state index in [1.165, 1.54) is 25.7 Å². The molecule has 2 aromatic heterocycles. The van der Waals surface area contributed by atoms with Gasteiger partial charge < -0.3 is 4.98 Å². The summed E-state index contributed by atoms with van der Waals surface area (Å²) in [4.78, 5) is 18.8. The van der Waals surface area contributed by atoms with E-state index >= 15 is 0 Å². The molecule has 30 heavy (non-hydrogen) atoms. The third-order valence-electron chi connectivity index (χ3n) is 6.85. The number of tetrazole rings is 1. The third kappa shape index (κ3) is 3.55. The topological polar surface area (TPSA) is 79.7 Å². The lowest BCUT2D eigenvalue weighted by Gasteiger charge is -2.34. The molecule has 1 atom stereocenters. The highest BCUT2D eigenvalue weighted by Gasteiger charge is 2.33. The monoisotopic (exact) mass is 406 g/mol. The molecule has 1 aliphatic carbocycles. The summed E-state index contributed by atoms with van der Waals surface area (Å²) in [6.07, 6.45) is 9.47. The van der Waals surface area contributed by atoms with Crippen LogP contribution in [0.1, 0.15) is 80.4 Å². The van der Waals surface area contributed by atoms with Gasteiger partial charge in [0.2, 0.25) is 0 Å². The minimum atomic E-state index is -0.212. The molecule has 1 saturated carbocycles. The van der Waals surface area contributed by atoms with E-state index in [9.17, 15) is 4.79 Å². The van der Waals surface area contributed by atoms with Crippen molar-refractivity contribution in [3.8, 4) is 0 Å². The lowest BCUT2D eigenvalue weighted by atomic mass is 9.94. The number of nitrogens with zero attached hydrogens (tertiary/aromatic N) is 5. The molecule has 2 aliphatic rings. The minimum absolute atomic E-state index is 0.0365. The van der Waals surface area contributed by atoms with Crippen molar-refractivity contribution in [2.75, 3.05) is 13.1 Å². The van der Waals surface area contributed by atoms with Crippen LogP contribution in [0.5, 0.6) is 0 Å². The van der Waals surface area contributed by atoms with Gasteiger partial charge >= 0.3 is 0 Å². The van der Waals surface area contributed by atoms with Crippen LogP contribution in [-0.2, 0) is 0 Å². The fourth-order valence-corrected chi connectivity index (χ4v) is 5.25. The maximum absolute atomic E-state index is 13.3. The SMILES string of the molecule is Cc1cccc2cc(C(c3nnnn3C3CCCCC3)N3CCCCC3)c(=O)[nH]c12. The highest BCUT2D eigenvalue weighted by Crippen LogP contribution is 2.34. The fourth-order valence-electron chi connectivity index (χ4n) is 5.25. The van der Waals surface area contributed by atoms with Crippen LogP contribution < -0.4 is 5.56 Å². The largest absolute Gasteiger partial charge is 0.321 e. The quantitative estimate of drug-likeness (QED) is 0.711. The zero-order valence-electron chi connectivity index (χ0n) is 17.7. The number of aromatic nitrogens is 5. The van der Waals surface area contributed by atoms with Gasteiger partial charge in [-0.15, -0.1) is 5.10 Å². The second-order valence-electron chi connectivity index (χ2n) is 8.87. The summed E-state index contributed by atoms with van der Waals surface area (Å²) in [5.74, 6) is 0.821. The van der Waals surface area contributed by atoms with E-state index < -0.39 is 0 Å². The Morgan fingerprint density at radius 3 is 2.63 bits per heavy atom. The summed E-state index contributed by atoms with van der Waals surface area (Å²) >= 11 is 0. The van der Waals surface area contributed by atoms with E-state index in [-0.39, 0.29) is 11.6 Å². The lowest BCUT2D eigenvalue weighted by molar-refractivity contribution is 0.171. The number of aryl methyl sites for hydroxylation is 1.